The first-order valence-electron chi connectivity index (χ1n) is 5.29. The van der Waals surface area contributed by atoms with E-state index in [2.05, 4.69) is 19.9 Å². The summed E-state index contributed by atoms with van der Waals surface area (Å²) in [5.41, 5.74) is 7.50. The van der Waals surface area contributed by atoms with Crippen LogP contribution < -0.4 is 5.73 Å². The van der Waals surface area contributed by atoms with Crippen molar-refractivity contribution < 1.29 is 0 Å². The van der Waals surface area contributed by atoms with Gasteiger partial charge in [0.2, 0.25) is 0 Å². The van der Waals surface area contributed by atoms with Gasteiger partial charge in [0.1, 0.15) is 10.1 Å². The minimum atomic E-state index is 0.407. The first-order valence-corrected chi connectivity index (χ1v) is 6.11. The number of hydrogen-bond donors (Lipinski definition) is 1. The Morgan fingerprint density at radius 3 is 2.50 bits per heavy atom. The zero-order valence-corrected chi connectivity index (χ0v) is 10.1. The molecule has 5 nitrogen and oxygen atoms in total. The lowest BCUT2D eigenvalue weighted by Gasteiger charge is -2.04. The maximum Gasteiger partial charge on any atom is 0.157 e. The molecule has 0 radical (unpaired) electrons. The molecule has 18 heavy (non-hydrogen) atoms. The Morgan fingerprint density at radius 1 is 1.00 bits per heavy atom. The van der Waals surface area contributed by atoms with Gasteiger partial charge in [0, 0.05) is 12.4 Å². The van der Waals surface area contributed by atoms with Crippen molar-refractivity contribution in [2.24, 2.45) is 0 Å². The summed E-state index contributed by atoms with van der Waals surface area (Å²) in [4.78, 5) is 17.0. The molecular formula is C12H9N5S. The average Bonchev–Trinajstić information content (AvgIpc) is 2.41. The van der Waals surface area contributed by atoms with E-state index in [0.29, 0.717) is 10.8 Å². The fourth-order valence-corrected chi connectivity index (χ4v) is 2.23. The van der Waals surface area contributed by atoms with Crippen molar-refractivity contribution in [2.75, 3.05) is 5.73 Å². The number of aromatic nitrogens is 4. The smallest absolute Gasteiger partial charge is 0.157 e. The maximum absolute atomic E-state index is 5.89. The van der Waals surface area contributed by atoms with E-state index >= 15 is 0 Å². The number of anilines is 1. The molecule has 0 atom stereocenters. The number of benzene rings is 1. The number of nitrogen functional groups attached to an aromatic ring is 1. The molecule has 0 aliphatic rings. The van der Waals surface area contributed by atoms with E-state index in [-0.39, 0.29) is 0 Å². The Hall–Kier alpha value is -2.21. The average molecular weight is 255 g/mol. The van der Waals surface area contributed by atoms with Crippen LogP contribution in [-0.4, -0.2) is 19.9 Å². The van der Waals surface area contributed by atoms with Gasteiger partial charge in [0.15, 0.2) is 5.82 Å². The van der Waals surface area contributed by atoms with Gasteiger partial charge in [-0.25, -0.2) is 15.0 Å². The molecule has 3 aromatic rings. The monoisotopic (exact) mass is 255 g/mol. The van der Waals surface area contributed by atoms with Crippen LogP contribution in [0.4, 0.5) is 5.82 Å². The van der Waals surface area contributed by atoms with Crippen LogP contribution in [0, 0.1) is 0 Å². The summed E-state index contributed by atoms with van der Waals surface area (Å²) in [6.45, 7) is 0. The maximum atomic E-state index is 5.89. The summed E-state index contributed by atoms with van der Waals surface area (Å²) >= 11 is 1.36. The molecule has 6 heteroatoms. The van der Waals surface area contributed by atoms with Crippen molar-refractivity contribution in [3.8, 4) is 0 Å². The zero-order valence-electron chi connectivity index (χ0n) is 9.32. The molecule has 1 aromatic carbocycles. The van der Waals surface area contributed by atoms with Gasteiger partial charge in [0.25, 0.3) is 0 Å². The summed E-state index contributed by atoms with van der Waals surface area (Å²) in [6.07, 6.45) is 4.92. The SMILES string of the molecule is Nc1nc2ccccc2nc1Sc1cnccn1. The molecule has 0 bridgehead atoms. The van der Waals surface area contributed by atoms with Crippen molar-refractivity contribution in [1.82, 2.24) is 19.9 Å². The highest BCUT2D eigenvalue weighted by Gasteiger charge is 2.08. The van der Waals surface area contributed by atoms with E-state index in [4.69, 9.17) is 5.73 Å². The van der Waals surface area contributed by atoms with E-state index in [1.54, 1.807) is 18.6 Å². The van der Waals surface area contributed by atoms with Crippen LogP contribution in [-0.2, 0) is 0 Å². The Balaban J connectivity index is 2.04. The van der Waals surface area contributed by atoms with Crippen LogP contribution in [0.2, 0.25) is 0 Å². The third-order valence-electron chi connectivity index (χ3n) is 2.30. The highest BCUT2D eigenvalue weighted by atomic mass is 32.2. The molecule has 0 aliphatic heterocycles. The van der Waals surface area contributed by atoms with Gasteiger partial charge in [-0.1, -0.05) is 12.1 Å². The molecule has 0 spiro atoms. The Bertz CT molecular complexity index is 686. The van der Waals surface area contributed by atoms with Crippen LogP contribution in [0.3, 0.4) is 0 Å². The lowest BCUT2D eigenvalue weighted by Crippen LogP contribution is -1.97. The molecule has 2 N–H and O–H groups in total. The second-order valence-corrected chi connectivity index (χ2v) is 4.56. The second kappa shape index (κ2) is 4.58. The van der Waals surface area contributed by atoms with Crippen molar-refractivity contribution in [2.45, 2.75) is 10.1 Å². The van der Waals surface area contributed by atoms with Gasteiger partial charge >= 0.3 is 0 Å². The van der Waals surface area contributed by atoms with Crippen LogP contribution in [0.5, 0.6) is 0 Å². The number of para-hydroxylation sites is 2. The van der Waals surface area contributed by atoms with E-state index in [1.807, 2.05) is 24.3 Å². The topological polar surface area (TPSA) is 77.6 Å². The molecule has 3 rings (SSSR count). The predicted octanol–water partition coefficient (Wildman–Crippen LogP) is 2.15. The van der Waals surface area contributed by atoms with E-state index in [1.165, 1.54) is 11.8 Å². The lowest BCUT2D eigenvalue weighted by molar-refractivity contribution is 1.04. The first kappa shape index (κ1) is 10.9. The van der Waals surface area contributed by atoms with E-state index in [9.17, 15) is 0 Å². The summed E-state index contributed by atoms with van der Waals surface area (Å²) < 4.78 is 0. The number of hydrogen-bond acceptors (Lipinski definition) is 6. The molecule has 2 aromatic heterocycles. The summed E-state index contributed by atoms with van der Waals surface area (Å²) in [5, 5.41) is 1.39. The van der Waals surface area contributed by atoms with E-state index < -0.39 is 0 Å². The molecule has 0 saturated heterocycles. The fourth-order valence-electron chi connectivity index (χ4n) is 1.51. The fraction of sp³-hybridized carbons (Fsp3) is 0. The molecule has 0 amide bonds. The lowest BCUT2D eigenvalue weighted by atomic mass is 10.3. The molecule has 0 unspecified atom stereocenters. The van der Waals surface area contributed by atoms with Crippen LogP contribution >= 0.6 is 11.8 Å². The Morgan fingerprint density at radius 2 is 1.78 bits per heavy atom. The highest BCUT2D eigenvalue weighted by Crippen LogP contribution is 2.28. The summed E-state index contributed by atoms with van der Waals surface area (Å²) in [7, 11) is 0. The minimum absolute atomic E-state index is 0.407. The predicted molar refractivity (Wildman–Crippen MR) is 70.1 cm³/mol. The quantitative estimate of drug-likeness (QED) is 0.756. The van der Waals surface area contributed by atoms with Gasteiger partial charge < -0.3 is 5.73 Å². The minimum Gasteiger partial charge on any atom is -0.381 e. The van der Waals surface area contributed by atoms with Gasteiger partial charge in [-0.15, -0.1) is 0 Å². The summed E-state index contributed by atoms with van der Waals surface area (Å²) in [5.74, 6) is 0.407. The number of nitrogens with two attached hydrogens (primary N) is 1. The van der Waals surface area contributed by atoms with Crippen molar-refractivity contribution in [3.63, 3.8) is 0 Å². The number of rotatable bonds is 2. The van der Waals surface area contributed by atoms with Gasteiger partial charge in [-0.2, -0.15) is 0 Å². The highest BCUT2D eigenvalue weighted by molar-refractivity contribution is 7.99. The first-order chi connectivity index (χ1) is 8.83. The number of fused-ring (bicyclic) bond motifs is 1. The molecule has 2 heterocycles. The third-order valence-corrected chi connectivity index (χ3v) is 3.22. The van der Waals surface area contributed by atoms with Crippen LogP contribution in [0.25, 0.3) is 11.0 Å². The van der Waals surface area contributed by atoms with Crippen LogP contribution in [0.15, 0.2) is 52.9 Å². The van der Waals surface area contributed by atoms with Gasteiger partial charge in [-0.05, 0) is 23.9 Å². The molecule has 0 aliphatic carbocycles. The van der Waals surface area contributed by atoms with Crippen molar-refractivity contribution in [3.05, 3.63) is 42.9 Å². The third kappa shape index (κ3) is 2.10. The largest absolute Gasteiger partial charge is 0.381 e. The molecule has 0 fully saturated rings. The van der Waals surface area contributed by atoms with Crippen LogP contribution in [0.1, 0.15) is 0 Å². The van der Waals surface area contributed by atoms with Gasteiger partial charge in [0.05, 0.1) is 17.2 Å². The zero-order chi connectivity index (χ0) is 12.4. The van der Waals surface area contributed by atoms with E-state index in [0.717, 1.165) is 16.1 Å². The Labute approximate surface area is 108 Å². The molecule has 88 valence electrons. The molecular weight excluding hydrogens is 246 g/mol. The second-order valence-electron chi connectivity index (χ2n) is 3.55. The van der Waals surface area contributed by atoms with Crippen molar-refractivity contribution >= 4 is 28.6 Å². The van der Waals surface area contributed by atoms with Gasteiger partial charge in [-0.3, -0.25) is 4.98 Å². The normalized spacial score (nSPS) is 10.7. The number of nitrogens with zero attached hydrogens (tertiary/aromatic N) is 4. The van der Waals surface area contributed by atoms with Crippen molar-refractivity contribution in [1.29, 1.82) is 0 Å². The molecule has 0 saturated carbocycles. The standard InChI is InChI=1S/C12H9N5S/c13-11-12(18-10-7-14-5-6-15-10)17-9-4-2-1-3-8(9)16-11/h1-7H,(H2,13,16). The Kier molecular flexibility index (Phi) is 2.77. The summed E-state index contributed by atoms with van der Waals surface area (Å²) in [6, 6.07) is 7.62.